The first-order valence-corrected chi connectivity index (χ1v) is 10.6. The molecule has 3 aromatic rings. The molecule has 2 aliphatic rings. The highest BCUT2D eigenvalue weighted by Gasteiger charge is 2.45. The minimum absolute atomic E-state index is 0.0934. The lowest BCUT2D eigenvalue weighted by Crippen LogP contribution is -2.50. The summed E-state index contributed by atoms with van der Waals surface area (Å²) in [5.74, 6) is 2.03. The largest absolute Gasteiger partial charge is 0.340 e. The van der Waals surface area contributed by atoms with Crippen molar-refractivity contribution in [3.8, 4) is 11.5 Å². The molecular weight excluding hydrogens is 380 g/mol. The zero-order chi connectivity index (χ0) is 20.6. The molecule has 1 saturated carbocycles. The van der Waals surface area contributed by atoms with E-state index >= 15 is 0 Å². The van der Waals surface area contributed by atoms with Crippen molar-refractivity contribution in [2.24, 2.45) is 5.92 Å². The molecule has 1 aliphatic heterocycles. The maximum atomic E-state index is 13.0. The number of likely N-dealkylation sites (tertiary alicyclic amines) is 1. The second-order valence-corrected chi connectivity index (χ2v) is 8.66. The second kappa shape index (κ2) is 7.66. The van der Waals surface area contributed by atoms with Crippen LogP contribution in [0.15, 0.2) is 41.3 Å². The van der Waals surface area contributed by atoms with Crippen LogP contribution in [0.2, 0.25) is 0 Å². The number of aryl methyl sites for hydroxylation is 1. The maximum absolute atomic E-state index is 13.0. The summed E-state index contributed by atoms with van der Waals surface area (Å²) in [6, 6.07) is 5.65. The highest BCUT2D eigenvalue weighted by Crippen LogP contribution is 2.45. The molecular formula is C22H26N6O2. The van der Waals surface area contributed by atoms with Gasteiger partial charge in [-0.2, -0.15) is 10.1 Å². The molecule has 0 N–H and O–H groups in total. The Labute approximate surface area is 175 Å². The zero-order valence-corrected chi connectivity index (χ0v) is 17.2. The third-order valence-electron chi connectivity index (χ3n) is 6.20. The van der Waals surface area contributed by atoms with Crippen LogP contribution in [0, 0.1) is 12.8 Å². The van der Waals surface area contributed by atoms with Gasteiger partial charge >= 0.3 is 0 Å². The smallest absolute Gasteiger partial charge is 0.258 e. The number of hydrogen-bond acceptors (Lipinski definition) is 6. The molecule has 0 spiro atoms. The van der Waals surface area contributed by atoms with Crippen molar-refractivity contribution < 1.29 is 9.32 Å². The SMILES string of the molecule is Cc1ccn(CC(=O)N2CCCC(CC3CC3)(c3noc(-c4ccncc4)n3)C2)n1. The summed E-state index contributed by atoms with van der Waals surface area (Å²) in [5, 5.41) is 8.75. The van der Waals surface area contributed by atoms with Crippen molar-refractivity contribution in [1.82, 2.24) is 29.8 Å². The van der Waals surface area contributed by atoms with Crippen molar-refractivity contribution in [3.63, 3.8) is 0 Å². The molecule has 1 unspecified atom stereocenters. The van der Waals surface area contributed by atoms with Gasteiger partial charge in [0.25, 0.3) is 5.89 Å². The Morgan fingerprint density at radius 2 is 2.10 bits per heavy atom. The molecule has 8 nitrogen and oxygen atoms in total. The number of amides is 1. The van der Waals surface area contributed by atoms with E-state index in [-0.39, 0.29) is 17.9 Å². The first kappa shape index (κ1) is 19.0. The van der Waals surface area contributed by atoms with Crippen molar-refractivity contribution in [2.75, 3.05) is 13.1 Å². The summed E-state index contributed by atoms with van der Waals surface area (Å²) in [6.07, 6.45) is 10.7. The van der Waals surface area contributed by atoms with Crippen LogP contribution in [0.3, 0.4) is 0 Å². The summed E-state index contributed by atoms with van der Waals surface area (Å²) < 4.78 is 7.33. The third kappa shape index (κ3) is 3.86. The molecule has 0 aromatic carbocycles. The van der Waals surface area contributed by atoms with E-state index < -0.39 is 0 Å². The van der Waals surface area contributed by atoms with Crippen molar-refractivity contribution in [1.29, 1.82) is 0 Å². The van der Waals surface area contributed by atoms with Gasteiger partial charge in [0.2, 0.25) is 5.91 Å². The van der Waals surface area contributed by atoms with Crippen LogP contribution in [-0.2, 0) is 16.8 Å². The molecule has 0 radical (unpaired) electrons. The van der Waals surface area contributed by atoms with Crippen molar-refractivity contribution >= 4 is 5.91 Å². The average Bonchev–Trinajstić information content (AvgIpc) is 3.25. The fraction of sp³-hybridized carbons (Fsp3) is 0.500. The van der Waals surface area contributed by atoms with Crippen LogP contribution in [0.1, 0.15) is 43.6 Å². The molecule has 5 rings (SSSR count). The number of nitrogens with zero attached hydrogens (tertiary/aromatic N) is 6. The van der Waals surface area contributed by atoms with Gasteiger partial charge < -0.3 is 9.42 Å². The van der Waals surface area contributed by atoms with Gasteiger partial charge in [0.1, 0.15) is 6.54 Å². The van der Waals surface area contributed by atoms with Gasteiger partial charge in [-0.1, -0.05) is 18.0 Å². The molecule has 1 amide bonds. The number of aromatic nitrogens is 5. The first-order chi connectivity index (χ1) is 14.6. The normalized spacial score (nSPS) is 21.7. The Kier molecular flexibility index (Phi) is 4.84. The van der Waals surface area contributed by atoms with Gasteiger partial charge in [-0.05, 0) is 50.3 Å². The quantitative estimate of drug-likeness (QED) is 0.625. The molecule has 8 heteroatoms. The predicted molar refractivity (Wildman–Crippen MR) is 109 cm³/mol. The van der Waals surface area contributed by atoms with Crippen molar-refractivity contribution in [2.45, 2.75) is 51.0 Å². The predicted octanol–water partition coefficient (Wildman–Crippen LogP) is 3.00. The van der Waals surface area contributed by atoms with Gasteiger partial charge in [0, 0.05) is 37.2 Å². The van der Waals surface area contributed by atoms with E-state index in [0.29, 0.717) is 18.4 Å². The number of rotatable bonds is 6. The van der Waals surface area contributed by atoms with E-state index in [1.807, 2.05) is 36.2 Å². The Bertz CT molecular complexity index is 1030. The molecule has 1 atom stereocenters. The number of carbonyl (C=O) groups excluding carboxylic acids is 1. The number of hydrogen-bond donors (Lipinski definition) is 0. The molecule has 2 fully saturated rings. The van der Waals surface area contributed by atoms with Crippen molar-refractivity contribution in [3.05, 3.63) is 48.3 Å². The van der Waals surface area contributed by atoms with Gasteiger partial charge in [0.05, 0.1) is 11.1 Å². The summed E-state index contributed by atoms with van der Waals surface area (Å²) in [7, 11) is 0. The van der Waals surface area contributed by atoms with Crippen LogP contribution in [-0.4, -0.2) is 48.8 Å². The Hall–Kier alpha value is -3.03. The Balaban J connectivity index is 1.39. The molecule has 1 aliphatic carbocycles. The maximum Gasteiger partial charge on any atom is 0.258 e. The van der Waals surface area contributed by atoms with E-state index in [1.54, 1.807) is 17.1 Å². The molecule has 4 heterocycles. The minimum atomic E-state index is -0.246. The minimum Gasteiger partial charge on any atom is -0.340 e. The standard InChI is InChI=1S/C22H26N6O2/c1-16-7-12-28(25-16)14-19(29)27-11-2-8-22(15-27,13-17-3-4-17)21-24-20(30-26-21)18-5-9-23-10-6-18/h5-7,9-10,12,17H,2-4,8,11,13-15H2,1H3. The van der Waals surface area contributed by atoms with Gasteiger partial charge in [0.15, 0.2) is 5.82 Å². The van der Waals surface area contributed by atoms with E-state index in [4.69, 9.17) is 9.51 Å². The first-order valence-electron chi connectivity index (χ1n) is 10.6. The monoisotopic (exact) mass is 406 g/mol. The fourth-order valence-corrected chi connectivity index (χ4v) is 4.50. The van der Waals surface area contributed by atoms with Gasteiger partial charge in [-0.15, -0.1) is 0 Å². The number of pyridine rings is 1. The van der Waals surface area contributed by atoms with E-state index in [9.17, 15) is 4.79 Å². The lowest BCUT2D eigenvalue weighted by Gasteiger charge is -2.41. The van der Waals surface area contributed by atoms with Gasteiger partial charge in [-0.3, -0.25) is 14.5 Å². The number of piperidine rings is 1. The summed E-state index contributed by atoms with van der Waals surface area (Å²) in [4.78, 5) is 23.8. The summed E-state index contributed by atoms with van der Waals surface area (Å²) in [5.41, 5.74) is 1.53. The topological polar surface area (TPSA) is 89.9 Å². The van der Waals surface area contributed by atoms with Crippen LogP contribution in [0.4, 0.5) is 0 Å². The second-order valence-electron chi connectivity index (χ2n) is 8.66. The van der Waals surface area contributed by atoms with Crippen LogP contribution < -0.4 is 0 Å². The summed E-state index contributed by atoms with van der Waals surface area (Å²) in [6.45, 7) is 3.60. The molecule has 0 bridgehead atoms. The number of carbonyl (C=O) groups is 1. The summed E-state index contributed by atoms with van der Waals surface area (Å²) >= 11 is 0. The zero-order valence-electron chi connectivity index (χ0n) is 17.2. The molecule has 1 saturated heterocycles. The lowest BCUT2D eigenvalue weighted by molar-refractivity contribution is -0.134. The third-order valence-corrected chi connectivity index (χ3v) is 6.20. The average molecular weight is 406 g/mol. The lowest BCUT2D eigenvalue weighted by atomic mass is 9.75. The Morgan fingerprint density at radius 3 is 2.83 bits per heavy atom. The molecule has 156 valence electrons. The highest BCUT2D eigenvalue weighted by atomic mass is 16.5. The van der Waals surface area contributed by atoms with E-state index in [1.165, 1.54) is 12.8 Å². The molecule has 30 heavy (non-hydrogen) atoms. The van der Waals surface area contributed by atoms with Crippen LogP contribution in [0.5, 0.6) is 0 Å². The van der Waals surface area contributed by atoms with Crippen LogP contribution >= 0.6 is 0 Å². The van der Waals surface area contributed by atoms with Gasteiger partial charge in [-0.25, -0.2) is 0 Å². The molecule has 3 aromatic heterocycles. The highest BCUT2D eigenvalue weighted by molar-refractivity contribution is 5.76. The Morgan fingerprint density at radius 1 is 1.27 bits per heavy atom. The van der Waals surface area contributed by atoms with E-state index in [2.05, 4.69) is 15.2 Å². The van der Waals surface area contributed by atoms with Crippen LogP contribution in [0.25, 0.3) is 11.5 Å². The fourth-order valence-electron chi connectivity index (χ4n) is 4.50. The van der Waals surface area contributed by atoms with E-state index in [0.717, 1.165) is 42.9 Å².